The number of benzene rings is 8. The first-order valence-corrected chi connectivity index (χ1v) is 16.2. The van der Waals surface area contributed by atoms with Crippen LogP contribution in [0.2, 0.25) is 0 Å². The Kier molecular flexibility index (Phi) is 4.87. The molecular weight excluding hydrogens is 569 g/mol. The van der Waals surface area contributed by atoms with Crippen molar-refractivity contribution in [3.63, 3.8) is 0 Å². The Morgan fingerprint density at radius 1 is 0.362 bits per heavy atom. The van der Waals surface area contributed by atoms with Gasteiger partial charge in [0.05, 0.1) is 16.6 Å². The lowest BCUT2D eigenvalue weighted by Crippen LogP contribution is -1.93. The molecule has 0 unspecified atom stereocenters. The van der Waals surface area contributed by atoms with Crippen molar-refractivity contribution in [2.75, 3.05) is 0 Å². The van der Waals surface area contributed by atoms with Gasteiger partial charge >= 0.3 is 0 Å². The molecule has 8 aromatic carbocycles. The summed E-state index contributed by atoms with van der Waals surface area (Å²) in [5, 5.41) is 8.83. The van der Waals surface area contributed by atoms with Gasteiger partial charge in [0.15, 0.2) is 0 Å². The Hall–Kier alpha value is -6.25. The molecule has 0 atom stereocenters. The minimum atomic E-state index is 0.999. The SMILES string of the molecule is c1cc(-c2ccc3c4c5ccccc5ccc4c4nc5ccccc5n4c3c2)cc(-c2ccc3c4c(cccc24)-c2ccccc2-3)c1. The van der Waals surface area contributed by atoms with Crippen molar-refractivity contribution < 1.29 is 0 Å². The second-order valence-electron chi connectivity index (χ2n) is 12.7. The van der Waals surface area contributed by atoms with Gasteiger partial charge in [0.2, 0.25) is 0 Å². The number of para-hydroxylation sites is 2. The van der Waals surface area contributed by atoms with Gasteiger partial charge in [0.1, 0.15) is 5.65 Å². The van der Waals surface area contributed by atoms with Crippen molar-refractivity contribution >= 4 is 59.9 Å². The van der Waals surface area contributed by atoms with Crippen molar-refractivity contribution in [1.82, 2.24) is 9.38 Å². The molecule has 0 aliphatic heterocycles. The van der Waals surface area contributed by atoms with Crippen molar-refractivity contribution in [1.29, 1.82) is 0 Å². The smallest absolute Gasteiger partial charge is 0.146 e. The standard InChI is InChI=1S/C45H26N2/c1-2-12-32-27(9-1)19-22-39-43(32)38-21-20-29(26-42(38)47-41-18-6-5-17-40(41)46-45(39)47)28-10-7-11-30(25-28)31-23-24-37-34-14-4-3-13-33(34)36-16-8-15-35(31)44(36)37/h1-26H. The largest absolute Gasteiger partial charge is 0.292 e. The minimum Gasteiger partial charge on any atom is -0.292 e. The summed E-state index contributed by atoms with van der Waals surface area (Å²) in [7, 11) is 0. The van der Waals surface area contributed by atoms with Crippen LogP contribution in [0.4, 0.5) is 0 Å². The molecule has 2 aromatic heterocycles. The fourth-order valence-electron chi connectivity index (χ4n) is 8.23. The van der Waals surface area contributed by atoms with E-state index in [4.69, 9.17) is 4.98 Å². The molecule has 0 saturated heterocycles. The number of nitrogens with zero attached hydrogens (tertiary/aromatic N) is 2. The van der Waals surface area contributed by atoms with Crippen LogP contribution in [0.1, 0.15) is 0 Å². The van der Waals surface area contributed by atoms with Crippen molar-refractivity contribution in [3.8, 4) is 44.5 Å². The summed E-state index contributed by atoms with van der Waals surface area (Å²) in [4.78, 5) is 5.18. The third kappa shape index (κ3) is 3.36. The van der Waals surface area contributed by atoms with Crippen LogP contribution in [0.3, 0.4) is 0 Å². The number of rotatable bonds is 2. The fraction of sp³-hybridized carbons (Fsp3) is 0. The first-order chi connectivity index (χ1) is 23.3. The van der Waals surface area contributed by atoms with E-state index in [2.05, 4.69) is 162 Å². The Labute approximate surface area is 270 Å². The molecule has 2 heterocycles. The summed E-state index contributed by atoms with van der Waals surface area (Å²) in [6.07, 6.45) is 0. The zero-order valence-electron chi connectivity index (χ0n) is 25.4. The maximum atomic E-state index is 5.18. The van der Waals surface area contributed by atoms with Crippen LogP contribution >= 0.6 is 0 Å². The van der Waals surface area contributed by atoms with E-state index < -0.39 is 0 Å². The number of hydrogen-bond donors (Lipinski definition) is 0. The highest BCUT2D eigenvalue weighted by molar-refractivity contribution is 6.24. The predicted octanol–water partition coefficient (Wildman–Crippen LogP) is 12.1. The normalized spacial score (nSPS) is 12.3. The van der Waals surface area contributed by atoms with E-state index in [0.717, 1.165) is 16.7 Å². The van der Waals surface area contributed by atoms with Crippen LogP contribution in [0.25, 0.3) is 104 Å². The highest BCUT2D eigenvalue weighted by atomic mass is 15.0. The first-order valence-electron chi connectivity index (χ1n) is 16.2. The van der Waals surface area contributed by atoms with Gasteiger partial charge in [0.25, 0.3) is 0 Å². The average Bonchev–Trinajstić information content (AvgIpc) is 3.69. The lowest BCUT2D eigenvalue weighted by molar-refractivity contribution is 1.32. The van der Waals surface area contributed by atoms with E-state index in [-0.39, 0.29) is 0 Å². The molecule has 0 bridgehead atoms. The van der Waals surface area contributed by atoms with Gasteiger partial charge in [0, 0.05) is 16.2 Å². The van der Waals surface area contributed by atoms with E-state index in [1.54, 1.807) is 0 Å². The van der Waals surface area contributed by atoms with Gasteiger partial charge in [-0.2, -0.15) is 0 Å². The first kappa shape index (κ1) is 25.0. The molecule has 2 nitrogen and oxygen atoms in total. The Balaban J connectivity index is 1.16. The zero-order chi connectivity index (χ0) is 30.6. The zero-order valence-corrected chi connectivity index (χ0v) is 25.4. The van der Waals surface area contributed by atoms with E-state index in [0.29, 0.717) is 0 Å². The third-order valence-corrected chi connectivity index (χ3v) is 10.3. The molecule has 0 spiro atoms. The van der Waals surface area contributed by atoms with Crippen LogP contribution in [0, 0.1) is 0 Å². The molecule has 0 saturated carbocycles. The number of imidazole rings is 1. The predicted molar refractivity (Wildman–Crippen MR) is 198 cm³/mol. The van der Waals surface area contributed by atoms with Crippen molar-refractivity contribution in [3.05, 3.63) is 158 Å². The van der Waals surface area contributed by atoms with Crippen molar-refractivity contribution in [2.45, 2.75) is 0 Å². The van der Waals surface area contributed by atoms with Crippen molar-refractivity contribution in [2.24, 2.45) is 0 Å². The van der Waals surface area contributed by atoms with Gasteiger partial charge < -0.3 is 0 Å². The van der Waals surface area contributed by atoms with E-state index in [1.807, 2.05) is 0 Å². The van der Waals surface area contributed by atoms with Gasteiger partial charge in [-0.15, -0.1) is 0 Å². The lowest BCUT2D eigenvalue weighted by atomic mass is 9.92. The van der Waals surface area contributed by atoms with E-state index in [1.165, 1.54) is 87.7 Å². The summed E-state index contributed by atoms with van der Waals surface area (Å²) in [5.74, 6) is 0. The molecule has 0 N–H and O–H groups in total. The van der Waals surface area contributed by atoms with Crippen LogP contribution in [-0.2, 0) is 0 Å². The average molecular weight is 595 g/mol. The van der Waals surface area contributed by atoms with Crippen LogP contribution in [0.5, 0.6) is 0 Å². The van der Waals surface area contributed by atoms with Gasteiger partial charge in [-0.3, -0.25) is 4.40 Å². The molecule has 2 heteroatoms. The van der Waals surface area contributed by atoms with Gasteiger partial charge in [-0.05, 0) is 96.4 Å². The molecule has 0 radical (unpaired) electrons. The summed E-state index contributed by atoms with van der Waals surface area (Å²) in [5.41, 5.74) is 14.5. The van der Waals surface area contributed by atoms with Crippen LogP contribution in [0.15, 0.2) is 158 Å². The number of hydrogen-bond acceptors (Lipinski definition) is 1. The maximum Gasteiger partial charge on any atom is 0.146 e. The Morgan fingerprint density at radius 2 is 1.04 bits per heavy atom. The number of pyridine rings is 1. The summed E-state index contributed by atoms with van der Waals surface area (Å²) in [6, 6.07) is 57.8. The molecule has 10 aromatic rings. The van der Waals surface area contributed by atoms with E-state index in [9.17, 15) is 0 Å². The molecular formula is C45H26N2. The number of fused-ring (bicyclic) bond motifs is 13. The fourth-order valence-corrected chi connectivity index (χ4v) is 8.23. The quantitative estimate of drug-likeness (QED) is 0.182. The Bertz CT molecular complexity index is 2930. The highest BCUT2D eigenvalue weighted by Gasteiger charge is 2.22. The molecule has 216 valence electrons. The lowest BCUT2D eigenvalue weighted by Gasteiger charge is -2.14. The summed E-state index contributed by atoms with van der Waals surface area (Å²) >= 11 is 0. The Morgan fingerprint density at radius 3 is 1.98 bits per heavy atom. The molecule has 0 amide bonds. The van der Waals surface area contributed by atoms with Crippen LogP contribution in [-0.4, -0.2) is 9.38 Å². The van der Waals surface area contributed by atoms with E-state index >= 15 is 0 Å². The van der Waals surface area contributed by atoms with Gasteiger partial charge in [-0.25, -0.2) is 4.98 Å². The maximum absolute atomic E-state index is 5.18. The minimum absolute atomic E-state index is 0.999. The highest BCUT2D eigenvalue weighted by Crippen LogP contribution is 2.49. The molecule has 1 aliphatic rings. The molecule has 0 fully saturated rings. The topological polar surface area (TPSA) is 17.3 Å². The number of aromatic nitrogens is 2. The third-order valence-electron chi connectivity index (χ3n) is 10.3. The van der Waals surface area contributed by atoms with Crippen LogP contribution < -0.4 is 0 Å². The van der Waals surface area contributed by atoms with Gasteiger partial charge in [-0.1, -0.05) is 127 Å². The molecule has 47 heavy (non-hydrogen) atoms. The second-order valence-corrected chi connectivity index (χ2v) is 12.7. The summed E-state index contributed by atoms with van der Waals surface area (Å²) in [6.45, 7) is 0. The monoisotopic (exact) mass is 594 g/mol. The second kappa shape index (κ2) is 9.15. The summed E-state index contributed by atoms with van der Waals surface area (Å²) < 4.78 is 2.36. The molecule has 11 rings (SSSR count). The molecule has 1 aliphatic carbocycles.